The summed E-state index contributed by atoms with van der Waals surface area (Å²) in [4.78, 5) is 17.8. The summed E-state index contributed by atoms with van der Waals surface area (Å²) in [5.74, 6) is 1.39. The molecule has 4 aromatic rings. The summed E-state index contributed by atoms with van der Waals surface area (Å²) in [7, 11) is 3.16. The number of para-hydroxylation sites is 1. The lowest BCUT2D eigenvalue weighted by atomic mass is 10.0. The van der Waals surface area contributed by atoms with E-state index in [4.69, 9.17) is 23.7 Å². The number of rotatable bonds is 6. The molecule has 0 fully saturated rings. The Kier molecular flexibility index (Phi) is 5.58. The van der Waals surface area contributed by atoms with Crippen LogP contribution in [0.1, 0.15) is 27.4 Å². The van der Waals surface area contributed by atoms with Crippen molar-refractivity contribution in [1.82, 2.24) is 10.1 Å². The molecule has 0 aliphatic carbocycles. The molecule has 0 bridgehead atoms. The minimum absolute atomic E-state index is 0.0857. The number of nitrogens with zero attached hydrogens (tertiary/aromatic N) is 2. The highest BCUT2D eigenvalue weighted by atomic mass is 16.5. The van der Waals surface area contributed by atoms with Crippen LogP contribution in [0.15, 0.2) is 53.1 Å². The maximum absolute atomic E-state index is 13.0. The Bertz CT molecular complexity index is 1240. The third kappa shape index (κ3) is 3.94. The van der Waals surface area contributed by atoms with Gasteiger partial charge in [-0.25, -0.2) is 9.78 Å². The van der Waals surface area contributed by atoms with Crippen molar-refractivity contribution in [2.24, 2.45) is 0 Å². The van der Waals surface area contributed by atoms with Gasteiger partial charge < -0.3 is 18.7 Å². The van der Waals surface area contributed by atoms with E-state index in [1.165, 1.54) is 0 Å². The Balaban J connectivity index is 1.74. The van der Waals surface area contributed by atoms with Crippen LogP contribution in [0.5, 0.6) is 11.5 Å². The van der Waals surface area contributed by atoms with Crippen molar-refractivity contribution in [3.8, 4) is 22.8 Å². The molecule has 0 aliphatic heterocycles. The lowest BCUT2D eigenvalue weighted by molar-refractivity contribution is 0.0473. The van der Waals surface area contributed by atoms with Crippen LogP contribution in [0.4, 0.5) is 0 Å². The zero-order valence-electron chi connectivity index (χ0n) is 17.8. The smallest absolute Gasteiger partial charge is 0.339 e. The van der Waals surface area contributed by atoms with Crippen LogP contribution < -0.4 is 9.47 Å². The molecular weight excluding hydrogens is 396 g/mol. The fraction of sp³-hybridized carbons (Fsp3) is 0.208. The van der Waals surface area contributed by atoms with Gasteiger partial charge in [-0.05, 0) is 44.2 Å². The van der Waals surface area contributed by atoms with Gasteiger partial charge in [0.25, 0.3) is 0 Å². The minimum Gasteiger partial charge on any atom is -0.493 e. The molecule has 0 amide bonds. The number of hydrogen-bond donors (Lipinski definition) is 0. The molecule has 0 spiro atoms. The molecule has 7 heteroatoms. The number of carbonyl (C=O) groups is 1. The van der Waals surface area contributed by atoms with Crippen molar-refractivity contribution in [2.75, 3.05) is 14.2 Å². The molecule has 0 saturated carbocycles. The van der Waals surface area contributed by atoms with E-state index in [0.29, 0.717) is 39.7 Å². The Labute approximate surface area is 179 Å². The van der Waals surface area contributed by atoms with Gasteiger partial charge in [-0.2, -0.15) is 0 Å². The maximum atomic E-state index is 13.0. The van der Waals surface area contributed by atoms with E-state index in [9.17, 15) is 4.79 Å². The predicted molar refractivity (Wildman–Crippen MR) is 115 cm³/mol. The first-order valence-corrected chi connectivity index (χ1v) is 9.73. The maximum Gasteiger partial charge on any atom is 0.339 e. The molecule has 0 radical (unpaired) electrons. The van der Waals surface area contributed by atoms with Crippen LogP contribution in [0, 0.1) is 13.8 Å². The molecule has 2 aromatic carbocycles. The number of hydrogen-bond acceptors (Lipinski definition) is 7. The number of benzene rings is 2. The summed E-state index contributed by atoms with van der Waals surface area (Å²) in [6, 6.07) is 14.7. The van der Waals surface area contributed by atoms with Crippen LogP contribution >= 0.6 is 0 Å². The number of methoxy groups -OCH3 is 2. The van der Waals surface area contributed by atoms with Gasteiger partial charge in [0, 0.05) is 10.9 Å². The number of ether oxygens (including phenoxy) is 3. The highest BCUT2D eigenvalue weighted by Gasteiger charge is 2.18. The van der Waals surface area contributed by atoms with E-state index >= 15 is 0 Å². The zero-order chi connectivity index (χ0) is 22.0. The minimum atomic E-state index is -0.444. The first-order chi connectivity index (χ1) is 15.0. The van der Waals surface area contributed by atoms with Gasteiger partial charge in [-0.15, -0.1) is 0 Å². The molecule has 0 aliphatic rings. The molecule has 4 rings (SSSR count). The van der Waals surface area contributed by atoms with Gasteiger partial charge in [0.15, 0.2) is 11.5 Å². The molecule has 31 heavy (non-hydrogen) atoms. The van der Waals surface area contributed by atoms with E-state index in [0.717, 1.165) is 16.5 Å². The molecule has 158 valence electrons. The standard InChI is InChI=1S/C24H22N2O5/c1-14-19(15(2)31-26-14)13-30-24(27)18-12-21(25-20-8-6-5-7-17(18)20)16-9-10-22(28-3)23(11-16)29-4/h5-12H,13H2,1-4H3. The average molecular weight is 418 g/mol. The molecular formula is C24H22N2O5. The monoisotopic (exact) mass is 418 g/mol. The second-order valence-electron chi connectivity index (χ2n) is 7.02. The molecule has 7 nitrogen and oxygen atoms in total. The number of esters is 1. The van der Waals surface area contributed by atoms with E-state index in [-0.39, 0.29) is 6.61 Å². The largest absolute Gasteiger partial charge is 0.493 e. The first-order valence-electron chi connectivity index (χ1n) is 9.73. The van der Waals surface area contributed by atoms with Crippen LogP contribution in [0.3, 0.4) is 0 Å². The number of aromatic nitrogens is 2. The highest BCUT2D eigenvalue weighted by Crippen LogP contribution is 2.33. The van der Waals surface area contributed by atoms with Crippen molar-refractivity contribution in [3.63, 3.8) is 0 Å². The highest BCUT2D eigenvalue weighted by molar-refractivity contribution is 6.04. The molecule has 2 heterocycles. The average Bonchev–Trinajstić information content (AvgIpc) is 3.13. The second-order valence-corrected chi connectivity index (χ2v) is 7.02. The molecule has 0 N–H and O–H groups in total. The van der Waals surface area contributed by atoms with Crippen molar-refractivity contribution in [1.29, 1.82) is 0 Å². The molecule has 0 unspecified atom stereocenters. The van der Waals surface area contributed by atoms with E-state index in [1.54, 1.807) is 33.3 Å². The number of aryl methyl sites for hydroxylation is 2. The number of carbonyl (C=O) groups excluding carboxylic acids is 1. The van der Waals surface area contributed by atoms with Gasteiger partial charge in [0.2, 0.25) is 0 Å². The quantitative estimate of drug-likeness (QED) is 0.413. The van der Waals surface area contributed by atoms with Gasteiger partial charge in [-0.1, -0.05) is 23.4 Å². The van der Waals surface area contributed by atoms with Gasteiger partial charge in [0.05, 0.1) is 42.3 Å². The summed E-state index contributed by atoms with van der Waals surface area (Å²) in [5.41, 5.74) is 4.02. The van der Waals surface area contributed by atoms with Crippen LogP contribution in [0.2, 0.25) is 0 Å². The summed E-state index contributed by atoms with van der Waals surface area (Å²) in [5, 5.41) is 4.62. The van der Waals surface area contributed by atoms with Crippen molar-refractivity contribution < 1.29 is 23.5 Å². The Morgan fingerprint density at radius 3 is 2.48 bits per heavy atom. The van der Waals surface area contributed by atoms with E-state index < -0.39 is 5.97 Å². The van der Waals surface area contributed by atoms with Gasteiger partial charge >= 0.3 is 5.97 Å². The summed E-state index contributed by atoms with van der Waals surface area (Å²) in [6.07, 6.45) is 0. The third-order valence-corrected chi connectivity index (χ3v) is 5.14. The molecule has 0 saturated heterocycles. The second kappa shape index (κ2) is 8.47. The SMILES string of the molecule is COc1ccc(-c2cc(C(=O)OCc3c(C)noc3C)c3ccccc3n2)cc1OC. The van der Waals surface area contributed by atoms with E-state index in [1.807, 2.05) is 43.3 Å². The fourth-order valence-corrected chi connectivity index (χ4v) is 3.41. The van der Waals surface area contributed by atoms with E-state index in [2.05, 4.69) is 5.16 Å². The Morgan fingerprint density at radius 1 is 1.00 bits per heavy atom. The lowest BCUT2D eigenvalue weighted by Gasteiger charge is -2.12. The summed E-state index contributed by atoms with van der Waals surface area (Å²) >= 11 is 0. The summed E-state index contributed by atoms with van der Waals surface area (Å²) < 4.78 is 21.5. The molecule has 0 atom stereocenters. The van der Waals surface area contributed by atoms with Gasteiger partial charge in [-0.3, -0.25) is 0 Å². The van der Waals surface area contributed by atoms with Crippen molar-refractivity contribution in [2.45, 2.75) is 20.5 Å². The number of pyridine rings is 1. The number of fused-ring (bicyclic) bond motifs is 1. The Morgan fingerprint density at radius 2 is 1.77 bits per heavy atom. The van der Waals surface area contributed by atoms with Crippen LogP contribution in [-0.2, 0) is 11.3 Å². The molecule has 2 aromatic heterocycles. The first kappa shape index (κ1) is 20.4. The van der Waals surface area contributed by atoms with Gasteiger partial charge in [0.1, 0.15) is 12.4 Å². The van der Waals surface area contributed by atoms with Crippen molar-refractivity contribution in [3.05, 3.63) is 71.1 Å². The fourth-order valence-electron chi connectivity index (χ4n) is 3.41. The Hall–Kier alpha value is -3.87. The lowest BCUT2D eigenvalue weighted by Crippen LogP contribution is -2.08. The normalized spacial score (nSPS) is 10.8. The van der Waals surface area contributed by atoms with Crippen LogP contribution in [-0.4, -0.2) is 30.3 Å². The third-order valence-electron chi connectivity index (χ3n) is 5.14. The predicted octanol–water partition coefficient (Wildman–Crippen LogP) is 4.88. The summed E-state index contributed by atoms with van der Waals surface area (Å²) in [6.45, 7) is 3.69. The van der Waals surface area contributed by atoms with Crippen molar-refractivity contribution >= 4 is 16.9 Å². The van der Waals surface area contributed by atoms with Crippen LogP contribution in [0.25, 0.3) is 22.2 Å². The zero-order valence-corrected chi connectivity index (χ0v) is 17.8. The topological polar surface area (TPSA) is 83.7 Å².